The largest absolute Gasteiger partial charge is 0.352 e. The number of halogens is 2. The number of thioether (sulfide) groups is 1. The number of H-pyrrole nitrogens is 1. The molecule has 0 radical (unpaired) electrons. The Morgan fingerprint density at radius 3 is 2.91 bits per heavy atom. The predicted molar refractivity (Wildman–Crippen MR) is 112 cm³/mol. The summed E-state index contributed by atoms with van der Waals surface area (Å²) in [6, 6.07) is 9.33. The first kappa shape index (κ1) is 21.6. The number of nitriles is 1. The van der Waals surface area contributed by atoms with Crippen molar-refractivity contribution in [3.8, 4) is 6.07 Å². The van der Waals surface area contributed by atoms with Crippen molar-refractivity contribution in [2.45, 2.75) is 29.8 Å². The monoisotopic (exact) mass is 453 g/mol. The van der Waals surface area contributed by atoms with Crippen LogP contribution in [0.5, 0.6) is 0 Å². The second-order valence-electron chi connectivity index (χ2n) is 7.27. The van der Waals surface area contributed by atoms with Crippen molar-refractivity contribution in [1.82, 2.24) is 20.3 Å². The Morgan fingerprint density at radius 2 is 2.16 bits per heavy atom. The van der Waals surface area contributed by atoms with E-state index in [0.29, 0.717) is 13.0 Å². The molecule has 1 aliphatic rings. The number of aromatic nitrogens is 3. The number of pyridine rings is 1. The molecule has 7 nitrogen and oxygen atoms in total. The smallest absolute Gasteiger partial charge is 0.269 e. The Kier molecular flexibility index (Phi) is 6.28. The molecule has 2 heterocycles. The number of hydrogen-bond acceptors (Lipinski definition) is 6. The van der Waals surface area contributed by atoms with Crippen LogP contribution in [-0.2, 0) is 17.1 Å². The maximum Gasteiger partial charge on any atom is 0.269 e. The van der Waals surface area contributed by atoms with Gasteiger partial charge in [0.15, 0.2) is 16.8 Å². The Hall–Kier alpha value is -3.58. The van der Waals surface area contributed by atoms with Crippen LogP contribution in [0.3, 0.4) is 0 Å². The Morgan fingerprint density at radius 1 is 1.31 bits per heavy atom. The van der Waals surface area contributed by atoms with Crippen LogP contribution in [0.1, 0.15) is 34.7 Å². The van der Waals surface area contributed by atoms with Crippen molar-refractivity contribution >= 4 is 17.7 Å². The second-order valence-corrected chi connectivity index (χ2v) is 8.24. The average molecular weight is 453 g/mol. The third kappa shape index (κ3) is 4.68. The maximum absolute atomic E-state index is 13.9. The minimum absolute atomic E-state index is 0.0393. The summed E-state index contributed by atoms with van der Waals surface area (Å²) in [6.07, 6.45) is 3.76. The van der Waals surface area contributed by atoms with Crippen LogP contribution in [0.15, 0.2) is 52.7 Å². The van der Waals surface area contributed by atoms with Crippen LogP contribution in [0, 0.1) is 28.9 Å². The molecule has 0 bridgehead atoms. The number of rotatable bonds is 7. The summed E-state index contributed by atoms with van der Waals surface area (Å²) < 4.78 is 27.3. The van der Waals surface area contributed by atoms with Crippen molar-refractivity contribution in [2.75, 3.05) is 0 Å². The molecule has 32 heavy (non-hydrogen) atoms. The lowest BCUT2D eigenvalue weighted by Gasteiger charge is -2.08. The lowest BCUT2D eigenvalue weighted by Crippen LogP contribution is -2.25. The van der Waals surface area contributed by atoms with Crippen LogP contribution in [0.2, 0.25) is 0 Å². The summed E-state index contributed by atoms with van der Waals surface area (Å²) in [5.74, 6) is -2.82. The van der Waals surface area contributed by atoms with Crippen molar-refractivity contribution < 1.29 is 13.6 Å². The summed E-state index contributed by atoms with van der Waals surface area (Å²) in [7, 11) is 0. The second kappa shape index (κ2) is 9.28. The van der Waals surface area contributed by atoms with E-state index in [2.05, 4.69) is 20.3 Å². The van der Waals surface area contributed by atoms with E-state index in [1.807, 2.05) is 12.1 Å². The zero-order valence-electron chi connectivity index (χ0n) is 16.6. The van der Waals surface area contributed by atoms with Crippen molar-refractivity contribution in [1.29, 1.82) is 5.26 Å². The van der Waals surface area contributed by atoms with Gasteiger partial charge in [0.25, 0.3) is 5.56 Å². The van der Waals surface area contributed by atoms with Gasteiger partial charge in [-0.2, -0.15) is 5.26 Å². The first-order chi connectivity index (χ1) is 15.5. The van der Waals surface area contributed by atoms with E-state index in [-0.39, 0.29) is 39.6 Å². The molecular formula is C22H17F2N5O2S. The van der Waals surface area contributed by atoms with E-state index < -0.39 is 23.1 Å². The van der Waals surface area contributed by atoms with E-state index in [1.54, 1.807) is 18.5 Å². The minimum Gasteiger partial charge on any atom is -0.352 e. The number of hydrogen-bond donors (Lipinski definition) is 2. The number of carbonyl (C=O) groups is 1. The van der Waals surface area contributed by atoms with E-state index in [0.717, 1.165) is 23.4 Å². The van der Waals surface area contributed by atoms with Crippen LogP contribution < -0.4 is 10.9 Å². The van der Waals surface area contributed by atoms with Crippen LogP contribution in [-0.4, -0.2) is 20.9 Å². The van der Waals surface area contributed by atoms with E-state index in [4.69, 9.17) is 0 Å². The molecule has 0 saturated heterocycles. The van der Waals surface area contributed by atoms with Gasteiger partial charge < -0.3 is 10.3 Å². The molecule has 10 heteroatoms. The van der Waals surface area contributed by atoms with E-state index >= 15 is 0 Å². The zero-order valence-corrected chi connectivity index (χ0v) is 17.5. The summed E-state index contributed by atoms with van der Waals surface area (Å²) in [5.41, 5.74) is 0.468. The molecular weight excluding hydrogens is 436 g/mol. The number of benzene rings is 1. The molecule has 1 aliphatic carbocycles. The maximum atomic E-state index is 13.9. The Balaban J connectivity index is 1.47. The summed E-state index contributed by atoms with van der Waals surface area (Å²) in [4.78, 5) is 35.7. The molecule has 1 saturated carbocycles. The van der Waals surface area contributed by atoms with Crippen molar-refractivity contribution in [3.05, 3.63) is 87.1 Å². The molecule has 0 spiro atoms. The minimum atomic E-state index is -0.955. The fourth-order valence-corrected chi connectivity index (χ4v) is 4.17. The fourth-order valence-electron chi connectivity index (χ4n) is 3.33. The molecule has 162 valence electrons. The molecule has 2 aromatic heterocycles. The van der Waals surface area contributed by atoms with E-state index in [9.17, 15) is 23.6 Å². The van der Waals surface area contributed by atoms with Crippen molar-refractivity contribution in [2.24, 2.45) is 5.92 Å². The molecule has 3 aromatic rings. The highest BCUT2D eigenvalue weighted by molar-refractivity contribution is 7.98. The molecule has 2 atom stereocenters. The number of nitrogens with zero attached hydrogens (tertiary/aromatic N) is 3. The first-order valence-corrected chi connectivity index (χ1v) is 10.7. The summed E-state index contributed by atoms with van der Waals surface area (Å²) >= 11 is 1.02. The molecule has 0 aliphatic heterocycles. The van der Waals surface area contributed by atoms with Gasteiger partial charge in [0.2, 0.25) is 5.91 Å². The summed E-state index contributed by atoms with van der Waals surface area (Å²) in [6.45, 7) is 0.324. The molecule has 2 N–H and O–H groups in total. The average Bonchev–Trinajstić information content (AvgIpc) is 3.60. The SMILES string of the molecule is N#Cc1c(C2CC2C(=O)NCc2cccnc2)nc(SCc2cccc(F)c2F)[nH]c1=O. The Labute approximate surface area is 185 Å². The standard InChI is InChI=1S/C22H17F2N5O2S/c23-17-5-1-4-13(18(17)24)11-32-22-28-19(16(8-25)21(31)29-22)14-7-15(14)20(30)27-10-12-3-2-6-26-9-12/h1-6,9,14-15H,7,10-11H2,(H,27,30)(H,28,29,31). The first-order valence-electron chi connectivity index (χ1n) is 9.74. The highest BCUT2D eigenvalue weighted by atomic mass is 32.2. The van der Waals surface area contributed by atoms with Crippen LogP contribution >= 0.6 is 11.8 Å². The van der Waals surface area contributed by atoms with Gasteiger partial charge in [-0.3, -0.25) is 14.6 Å². The van der Waals surface area contributed by atoms with Crippen molar-refractivity contribution in [3.63, 3.8) is 0 Å². The van der Waals surface area contributed by atoms with Gasteiger partial charge in [-0.25, -0.2) is 13.8 Å². The van der Waals surface area contributed by atoms with Gasteiger partial charge in [0, 0.05) is 42.1 Å². The van der Waals surface area contributed by atoms with E-state index in [1.165, 1.54) is 12.1 Å². The quantitative estimate of drug-likeness (QED) is 0.420. The van der Waals surface area contributed by atoms with Gasteiger partial charge in [0.1, 0.15) is 11.6 Å². The van der Waals surface area contributed by atoms with Crippen LogP contribution in [0.4, 0.5) is 8.78 Å². The number of aromatic amines is 1. The number of nitrogens with one attached hydrogen (secondary N) is 2. The van der Waals surface area contributed by atoms with Gasteiger partial charge in [-0.05, 0) is 24.1 Å². The predicted octanol–water partition coefficient (Wildman–Crippen LogP) is 3.03. The third-order valence-electron chi connectivity index (χ3n) is 5.10. The topological polar surface area (TPSA) is 112 Å². The molecule has 1 amide bonds. The Bertz CT molecular complexity index is 1260. The lowest BCUT2D eigenvalue weighted by molar-refractivity contribution is -0.122. The summed E-state index contributed by atoms with van der Waals surface area (Å²) in [5, 5.41) is 12.4. The zero-order chi connectivity index (χ0) is 22.7. The normalized spacial score (nSPS) is 16.9. The number of carbonyl (C=O) groups excluding carboxylic acids is 1. The molecule has 1 fully saturated rings. The molecule has 2 unspecified atom stereocenters. The van der Waals surface area contributed by atoms with Gasteiger partial charge in [-0.15, -0.1) is 0 Å². The third-order valence-corrected chi connectivity index (χ3v) is 6.02. The lowest BCUT2D eigenvalue weighted by atomic mass is 10.1. The molecule has 1 aromatic carbocycles. The van der Waals surface area contributed by atoms with Gasteiger partial charge in [0.05, 0.1) is 5.69 Å². The van der Waals surface area contributed by atoms with Gasteiger partial charge in [-0.1, -0.05) is 30.0 Å². The highest BCUT2D eigenvalue weighted by Gasteiger charge is 2.46. The van der Waals surface area contributed by atoms with Crippen LogP contribution in [0.25, 0.3) is 0 Å². The fraction of sp³-hybridized carbons (Fsp3) is 0.227. The highest BCUT2D eigenvalue weighted by Crippen LogP contribution is 2.47. The van der Waals surface area contributed by atoms with Gasteiger partial charge >= 0.3 is 0 Å². The number of amides is 1. The molecule has 4 rings (SSSR count).